The van der Waals surface area contributed by atoms with Crippen molar-refractivity contribution in [3.63, 3.8) is 0 Å². The highest BCUT2D eigenvalue weighted by atomic mass is 35.5. The average Bonchev–Trinajstić information content (AvgIpc) is 2.96. The summed E-state index contributed by atoms with van der Waals surface area (Å²) in [5, 5.41) is 14.0. The minimum Gasteiger partial charge on any atom is -0.476 e. The van der Waals surface area contributed by atoms with Crippen molar-refractivity contribution in [1.29, 1.82) is 0 Å². The van der Waals surface area contributed by atoms with Gasteiger partial charge in [-0.2, -0.15) is 5.10 Å². The van der Waals surface area contributed by atoms with Crippen molar-refractivity contribution in [3.8, 4) is 16.9 Å². The van der Waals surface area contributed by atoms with Crippen LogP contribution in [0, 0.1) is 13.8 Å². The van der Waals surface area contributed by atoms with Gasteiger partial charge in [0.2, 0.25) is 0 Å². The Morgan fingerprint density at radius 3 is 2.48 bits per heavy atom. The number of nitrogens with zero attached hydrogens (tertiary/aromatic N) is 2. The summed E-state index contributed by atoms with van der Waals surface area (Å²) in [7, 11) is 0. The van der Waals surface area contributed by atoms with Crippen molar-refractivity contribution < 1.29 is 9.90 Å². The number of aromatic nitrogens is 2. The van der Waals surface area contributed by atoms with Crippen LogP contribution in [0.3, 0.4) is 0 Å². The summed E-state index contributed by atoms with van der Waals surface area (Å²) in [6, 6.07) is 14.8. The maximum absolute atomic E-state index is 11.3. The first-order valence-corrected chi connectivity index (χ1v) is 7.51. The smallest absolute Gasteiger partial charge is 0.356 e. The number of aryl methyl sites for hydroxylation is 2. The van der Waals surface area contributed by atoms with Crippen LogP contribution in [0.25, 0.3) is 16.9 Å². The van der Waals surface area contributed by atoms with Gasteiger partial charge in [-0.25, -0.2) is 9.48 Å². The third-order valence-corrected chi connectivity index (χ3v) is 4.13. The molecule has 5 heteroatoms. The van der Waals surface area contributed by atoms with Gasteiger partial charge in [-0.05, 0) is 49.2 Å². The molecule has 3 rings (SSSR count). The van der Waals surface area contributed by atoms with Crippen molar-refractivity contribution >= 4 is 17.6 Å². The first-order chi connectivity index (χ1) is 11.0. The van der Waals surface area contributed by atoms with Crippen LogP contribution in [0.1, 0.15) is 21.6 Å². The maximum Gasteiger partial charge on any atom is 0.356 e. The summed E-state index contributed by atoms with van der Waals surface area (Å²) in [5.41, 5.74) is 4.53. The quantitative estimate of drug-likeness (QED) is 0.770. The Labute approximate surface area is 139 Å². The molecule has 0 unspecified atom stereocenters. The van der Waals surface area contributed by atoms with Gasteiger partial charge in [-0.3, -0.25) is 0 Å². The summed E-state index contributed by atoms with van der Waals surface area (Å²) in [6.07, 6.45) is 0. The molecule has 0 aliphatic rings. The van der Waals surface area contributed by atoms with E-state index in [0.29, 0.717) is 16.4 Å². The minimum absolute atomic E-state index is 0.0156. The predicted molar refractivity (Wildman–Crippen MR) is 90.4 cm³/mol. The lowest BCUT2D eigenvalue weighted by molar-refractivity contribution is 0.0690. The number of carboxylic acid groups (broad SMARTS) is 1. The van der Waals surface area contributed by atoms with E-state index < -0.39 is 5.97 Å². The molecule has 1 N–H and O–H groups in total. The number of para-hydroxylation sites is 1. The Kier molecular flexibility index (Phi) is 3.92. The number of hydrogen-bond acceptors (Lipinski definition) is 2. The molecule has 0 saturated heterocycles. The summed E-state index contributed by atoms with van der Waals surface area (Å²) in [4.78, 5) is 11.3. The second-order valence-electron chi connectivity index (χ2n) is 5.38. The van der Waals surface area contributed by atoms with E-state index in [1.165, 1.54) is 5.56 Å². The van der Waals surface area contributed by atoms with Gasteiger partial charge in [0, 0.05) is 5.56 Å². The number of carboxylic acids is 1. The normalized spacial score (nSPS) is 10.7. The number of halogens is 1. The van der Waals surface area contributed by atoms with E-state index in [0.717, 1.165) is 11.1 Å². The average molecular weight is 327 g/mol. The van der Waals surface area contributed by atoms with Gasteiger partial charge in [-0.1, -0.05) is 35.9 Å². The second kappa shape index (κ2) is 5.89. The molecular formula is C18H15ClN2O2. The molecule has 0 saturated carbocycles. The van der Waals surface area contributed by atoms with Crippen molar-refractivity contribution in [2.45, 2.75) is 13.8 Å². The van der Waals surface area contributed by atoms with E-state index in [1.807, 2.05) is 50.2 Å². The molecule has 2 aromatic carbocycles. The van der Waals surface area contributed by atoms with Crippen LogP contribution in [0.15, 0.2) is 48.5 Å². The van der Waals surface area contributed by atoms with Crippen molar-refractivity contribution in [3.05, 3.63) is 70.4 Å². The van der Waals surface area contributed by atoms with Crippen LogP contribution < -0.4 is 0 Å². The zero-order valence-corrected chi connectivity index (χ0v) is 13.5. The van der Waals surface area contributed by atoms with E-state index in [4.69, 9.17) is 11.6 Å². The first-order valence-electron chi connectivity index (χ1n) is 7.13. The highest BCUT2D eigenvalue weighted by molar-refractivity contribution is 6.32. The predicted octanol–water partition coefficient (Wildman–Crippen LogP) is 4.51. The van der Waals surface area contributed by atoms with E-state index in [1.54, 1.807) is 16.8 Å². The van der Waals surface area contributed by atoms with Crippen LogP contribution in [0.5, 0.6) is 0 Å². The highest BCUT2D eigenvalue weighted by Gasteiger charge is 2.17. The lowest BCUT2D eigenvalue weighted by atomic mass is 10.0. The Morgan fingerprint density at radius 2 is 1.83 bits per heavy atom. The summed E-state index contributed by atoms with van der Waals surface area (Å²) in [6.45, 7) is 4.06. The summed E-state index contributed by atoms with van der Waals surface area (Å²) in [5.74, 6) is -1.07. The van der Waals surface area contributed by atoms with E-state index in [9.17, 15) is 9.90 Å². The van der Waals surface area contributed by atoms with Gasteiger partial charge in [0.15, 0.2) is 5.69 Å². The lowest BCUT2D eigenvalue weighted by Crippen LogP contribution is -2.03. The number of hydrogen-bond donors (Lipinski definition) is 1. The van der Waals surface area contributed by atoms with Crippen LogP contribution in [-0.4, -0.2) is 20.9 Å². The molecule has 0 spiro atoms. The van der Waals surface area contributed by atoms with Gasteiger partial charge in [0.1, 0.15) is 0 Å². The minimum atomic E-state index is -1.07. The topological polar surface area (TPSA) is 55.1 Å². The molecule has 0 atom stereocenters. The fraction of sp³-hybridized carbons (Fsp3) is 0.111. The second-order valence-corrected chi connectivity index (χ2v) is 5.79. The SMILES string of the molecule is Cc1ccc(-c2cc(C(=O)O)nn2-c2ccccc2Cl)cc1C. The summed E-state index contributed by atoms with van der Waals surface area (Å²) >= 11 is 6.26. The van der Waals surface area contributed by atoms with E-state index in [-0.39, 0.29) is 5.69 Å². The molecule has 0 aliphatic heterocycles. The number of benzene rings is 2. The fourth-order valence-corrected chi connectivity index (χ4v) is 2.61. The van der Waals surface area contributed by atoms with Gasteiger partial charge in [0.25, 0.3) is 0 Å². The number of rotatable bonds is 3. The van der Waals surface area contributed by atoms with Crippen LogP contribution in [0.4, 0.5) is 0 Å². The Hall–Kier alpha value is -2.59. The standard InChI is InChI=1S/C18H15ClN2O2/c1-11-7-8-13(9-12(11)2)17-10-15(18(22)23)20-21(17)16-6-4-3-5-14(16)19/h3-10H,1-2H3,(H,22,23). The van der Waals surface area contributed by atoms with Gasteiger partial charge in [0.05, 0.1) is 16.4 Å². The Bertz CT molecular complexity index is 900. The molecule has 3 aromatic rings. The molecule has 116 valence electrons. The highest BCUT2D eigenvalue weighted by Crippen LogP contribution is 2.29. The number of aromatic carboxylic acids is 1. The molecule has 1 heterocycles. The monoisotopic (exact) mass is 326 g/mol. The van der Waals surface area contributed by atoms with Crippen LogP contribution in [0.2, 0.25) is 5.02 Å². The molecule has 0 radical (unpaired) electrons. The molecule has 0 fully saturated rings. The zero-order valence-electron chi connectivity index (χ0n) is 12.7. The summed E-state index contributed by atoms with van der Waals surface area (Å²) < 4.78 is 1.58. The molecule has 0 amide bonds. The molecule has 23 heavy (non-hydrogen) atoms. The Balaban J connectivity index is 2.25. The largest absolute Gasteiger partial charge is 0.476 e. The molecule has 4 nitrogen and oxygen atoms in total. The lowest BCUT2D eigenvalue weighted by Gasteiger charge is -2.10. The molecule has 0 aliphatic carbocycles. The molecular weight excluding hydrogens is 312 g/mol. The van der Waals surface area contributed by atoms with E-state index >= 15 is 0 Å². The maximum atomic E-state index is 11.3. The van der Waals surface area contributed by atoms with Crippen molar-refractivity contribution in [1.82, 2.24) is 9.78 Å². The first kappa shape index (κ1) is 15.3. The third kappa shape index (κ3) is 2.85. The third-order valence-electron chi connectivity index (χ3n) is 3.81. The van der Waals surface area contributed by atoms with Crippen LogP contribution >= 0.6 is 11.6 Å². The zero-order chi connectivity index (χ0) is 16.6. The van der Waals surface area contributed by atoms with Gasteiger partial charge in [-0.15, -0.1) is 0 Å². The molecule has 1 aromatic heterocycles. The van der Waals surface area contributed by atoms with Gasteiger partial charge < -0.3 is 5.11 Å². The van der Waals surface area contributed by atoms with Crippen molar-refractivity contribution in [2.24, 2.45) is 0 Å². The molecule has 0 bridgehead atoms. The Morgan fingerprint density at radius 1 is 1.09 bits per heavy atom. The van der Waals surface area contributed by atoms with Crippen molar-refractivity contribution in [2.75, 3.05) is 0 Å². The van der Waals surface area contributed by atoms with Gasteiger partial charge >= 0.3 is 5.97 Å². The number of carbonyl (C=O) groups is 1. The fourth-order valence-electron chi connectivity index (χ4n) is 2.40. The van der Waals surface area contributed by atoms with E-state index in [2.05, 4.69) is 5.10 Å². The van der Waals surface area contributed by atoms with Crippen LogP contribution in [-0.2, 0) is 0 Å².